The minimum Gasteiger partial charge on any atom is -0.399 e. The summed E-state index contributed by atoms with van der Waals surface area (Å²) in [4.78, 5) is 15.7. The second kappa shape index (κ2) is 5.14. The zero-order chi connectivity index (χ0) is 13.1. The Balaban J connectivity index is 2.21. The Bertz CT molecular complexity index is 604. The number of halogens is 2. The van der Waals surface area contributed by atoms with Crippen molar-refractivity contribution in [1.29, 1.82) is 0 Å². The summed E-state index contributed by atoms with van der Waals surface area (Å²) in [5.74, 6) is -1.04. The molecule has 0 saturated heterocycles. The molecule has 0 fully saturated rings. The fraction of sp³-hybridized carbons (Fsp3) is 0. The van der Waals surface area contributed by atoms with Gasteiger partial charge in [-0.25, -0.2) is 4.39 Å². The molecule has 18 heavy (non-hydrogen) atoms. The van der Waals surface area contributed by atoms with Gasteiger partial charge in [-0.15, -0.1) is 0 Å². The summed E-state index contributed by atoms with van der Waals surface area (Å²) in [5.41, 5.74) is 6.19. The highest BCUT2D eigenvalue weighted by Crippen LogP contribution is 2.19. The molecule has 0 aliphatic rings. The van der Waals surface area contributed by atoms with E-state index in [0.717, 1.165) is 0 Å². The quantitative estimate of drug-likeness (QED) is 0.896. The second-order valence-corrected chi connectivity index (χ2v) is 4.47. The van der Waals surface area contributed by atoms with Crippen molar-refractivity contribution in [1.82, 2.24) is 4.98 Å². The van der Waals surface area contributed by atoms with E-state index in [0.29, 0.717) is 10.2 Å². The van der Waals surface area contributed by atoms with Crippen molar-refractivity contribution in [3.05, 3.63) is 52.5 Å². The maximum absolute atomic E-state index is 13.5. The van der Waals surface area contributed by atoms with E-state index < -0.39 is 11.7 Å². The molecule has 0 radical (unpaired) electrons. The molecule has 2 rings (SSSR count). The monoisotopic (exact) mass is 309 g/mol. The van der Waals surface area contributed by atoms with Crippen LogP contribution in [0, 0.1) is 5.82 Å². The minimum atomic E-state index is -0.526. The Morgan fingerprint density at radius 3 is 2.78 bits per heavy atom. The number of nitrogens with one attached hydrogen (secondary N) is 1. The number of anilines is 2. The predicted octanol–water partition coefficient (Wildman–Crippen LogP) is 2.82. The molecule has 4 nitrogen and oxygen atoms in total. The smallest absolute Gasteiger partial charge is 0.274 e. The van der Waals surface area contributed by atoms with E-state index in [1.165, 1.54) is 24.4 Å². The van der Waals surface area contributed by atoms with Crippen molar-refractivity contribution in [2.24, 2.45) is 0 Å². The van der Waals surface area contributed by atoms with Gasteiger partial charge in [0.1, 0.15) is 11.5 Å². The van der Waals surface area contributed by atoms with Crippen LogP contribution in [0.5, 0.6) is 0 Å². The van der Waals surface area contributed by atoms with E-state index in [4.69, 9.17) is 5.73 Å². The van der Waals surface area contributed by atoms with E-state index in [1.807, 2.05) is 0 Å². The molecular weight excluding hydrogens is 301 g/mol. The van der Waals surface area contributed by atoms with Gasteiger partial charge in [0.25, 0.3) is 5.91 Å². The molecule has 0 aliphatic carbocycles. The van der Waals surface area contributed by atoms with Gasteiger partial charge in [0.05, 0.1) is 5.69 Å². The SMILES string of the molecule is Nc1ccnc(C(=O)Nc2ccc(Br)cc2F)c1. The number of pyridine rings is 1. The van der Waals surface area contributed by atoms with E-state index in [-0.39, 0.29) is 11.4 Å². The third-order valence-corrected chi connectivity index (χ3v) is 2.69. The highest BCUT2D eigenvalue weighted by atomic mass is 79.9. The van der Waals surface area contributed by atoms with Crippen molar-refractivity contribution in [3.63, 3.8) is 0 Å². The van der Waals surface area contributed by atoms with Crippen LogP contribution in [0.3, 0.4) is 0 Å². The van der Waals surface area contributed by atoms with Crippen LogP contribution in [0.1, 0.15) is 10.5 Å². The van der Waals surface area contributed by atoms with Gasteiger partial charge in [0, 0.05) is 16.4 Å². The molecule has 1 aromatic carbocycles. The van der Waals surface area contributed by atoms with Crippen LogP contribution >= 0.6 is 15.9 Å². The molecule has 0 bridgehead atoms. The van der Waals surface area contributed by atoms with Crippen LogP contribution in [-0.2, 0) is 0 Å². The lowest BCUT2D eigenvalue weighted by Gasteiger charge is -2.06. The van der Waals surface area contributed by atoms with Gasteiger partial charge < -0.3 is 11.1 Å². The number of hydrogen-bond acceptors (Lipinski definition) is 3. The van der Waals surface area contributed by atoms with Gasteiger partial charge >= 0.3 is 0 Å². The summed E-state index contributed by atoms with van der Waals surface area (Å²) in [7, 11) is 0. The summed E-state index contributed by atoms with van der Waals surface area (Å²) in [6.07, 6.45) is 1.42. The van der Waals surface area contributed by atoms with Crippen LogP contribution in [0.25, 0.3) is 0 Å². The lowest BCUT2D eigenvalue weighted by atomic mass is 10.2. The van der Waals surface area contributed by atoms with Gasteiger partial charge in [-0.3, -0.25) is 9.78 Å². The predicted molar refractivity (Wildman–Crippen MR) is 70.7 cm³/mol. The molecule has 0 spiro atoms. The van der Waals surface area contributed by atoms with Crippen molar-refractivity contribution in [3.8, 4) is 0 Å². The minimum absolute atomic E-state index is 0.0902. The molecule has 1 aromatic heterocycles. The Morgan fingerprint density at radius 1 is 1.33 bits per heavy atom. The molecule has 1 amide bonds. The first-order valence-corrected chi connectivity index (χ1v) is 5.83. The fourth-order valence-electron chi connectivity index (χ4n) is 1.35. The van der Waals surface area contributed by atoms with Crippen molar-refractivity contribution in [2.75, 3.05) is 11.1 Å². The van der Waals surface area contributed by atoms with E-state index in [1.54, 1.807) is 12.1 Å². The zero-order valence-electron chi connectivity index (χ0n) is 9.15. The van der Waals surface area contributed by atoms with Crippen LogP contribution in [0.2, 0.25) is 0 Å². The molecule has 92 valence electrons. The molecule has 1 heterocycles. The molecule has 2 aromatic rings. The topological polar surface area (TPSA) is 68.0 Å². The molecular formula is C12H9BrFN3O. The van der Waals surface area contributed by atoms with E-state index >= 15 is 0 Å². The number of nitrogens with two attached hydrogens (primary N) is 1. The van der Waals surface area contributed by atoms with Gasteiger partial charge in [0.15, 0.2) is 0 Å². The van der Waals surface area contributed by atoms with Crippen LogP contribution in [-0.4, -0.2) is 10.9 Å². The summed E-state index contributed by atoms with van der Waals surface area (Å²) in [6.45, 7) is 0. The number of carbonyl (C=O) groups excluding carboxylic acids is 1. The molecule has 0 unspecified atom stereocenters. The maximum Gasteiger partial charge on any atom is 0.274 e. The summed E-state index contributed by atoms with van der Waals surface area (Å²) in [5, 5.41) is 2.43. The number of nitrogen functional groups attached to an aromatic ring is 1. The number of nitrogens with zero attached hydrogens (tertiary/aromatic N) is 1. The average molecular weight is 310 g/mol. The van der Waals surface area contributed by atoms with Gasteiger partial charge in [0.2, 0.25) is 0 Å². The number of amides is 1. The Labute approximate surface area is 111 Å². The zero-order valence-corrected chi connectivity index (χ0v) is 10.7. The summed E-state index contributed by atoms with van der Waals surface area (Å²) < 4.78 is 14.1. The van der Waals surface area contributed by atoms with Gasteiger partial charge in [-0.05, 0) is 30.3 Å². The lowest BCUT2D eigenvalue weighted by molar-refractivity contribution is 0.102. The highest BCUT2D eigenvalue weighted by molar-refractivity contribution is 9.10. The number of hydrogen-bond donors (Lipinski definition) is 2. The third kappa shape index (κ3) is 2.84. The van der Waals surface area contributed by atoms with Crippen molar-refractivity contribution < 1.29 is 9.18 Å². The lowest BCUT2D eigenvalue weighted by Crippen LogP contribution is -2.14. The molecule has 0 saturated carbocycles. The molecule has 6 heteroatoms. The van der Waals surface area contributed by atoms with Crippen molar-refractivity contribution in [2.45, 2.75) is 0 Å². The average Bonchev–Trinajstić information content (AvgIpc) is 2.32. The normalized spacial score (nSPS) is 10.1. The fourth-order valence-corrected chi connectivity index (χ4v) is 1.68. The third-order valence-electron chi connectivity index (χ3n) is 2.20. The van der Waals surface area contributed by atoms with E-state index in [9.17, 15) is 9.18 Å². The standard InChI is InChI=1S/C12H9BrFN3O/c13-7-1-2-10(9(14)5-7)17-12(18)11-6-8(15)3-4-16-11/h1-6H,(H2,15,16)(H,17,18). The maximum atomic E-state index is 13.5. The number of rotatable bonds is 2. The van der Waals surface area contributed by atoms with Gasteiger partial charge in [-0.1, -0.05) is 15.9 Å². The first-order valence-electron chi connectivity index (χ1n) is 5.04. The number of carbonyl (C=O) groups is 1. The van der Waals surface area contributed by atoms with Crippen LogP contribution in [0.15, 0.2) is 41.0 Å². The largest absolute Gasteiger partial charge is 0.399 e. The Hall–Kier alpha value is -1.95. The van der Waals surface area contributed by atoms with Gasteiger partial charge in [-0.2, -0.15) is 0 Å². The first-order chi connectivity index (χ1) is 8.56. The summed E-state index contributed by atoms with van der Waals surface area (Å²) >= 11 is 3.14. The van der Waals surface area contributed by atoms with Crippen LogP contribution < -0.4 is 11.1 Å². The molecule has 0 aliphatic heterocycles. The summed E-state index contributed by atoms with van der Waals surface area (Å²) in [6, 6.07) is 7.35. The molecule has 0 atom stereocenters. The molecule has 3 N–H and O–H groups in total. The number of benzene rings is 1. The Morgan fingerprint density at radius 2 is 2.11 bits per heavy atom. The second-order valence-electron chi connectivity index (χ2n) is 3.55. The number of aromatic nitrogens is 1. The van der Waals surface area contributed by atoms with Crippen molar-refractivity contribution >= 4 is 33.2 Å². The Kier molecular flexibility index (Phi) is 3.57. The highest BCUT2D eigenvalue weighted by Gasteiger charge is 2.10. The first kappa shape index (κ1) is 12.5. The van der Waals surface area contributed by atoms with E-state index in [2.05, 4.69) is 26.2 Å². The van der Waals surface area contributed by atoms with Crippen LogP contribution in [0.4, 0.5) is 15.8 Å².